The van der Waals surface area contributed by atoms with E-state index in [0.717, 1.165) is 27.3 Å². The Morgan fingerprint density at radius 3 is 2.18 bits per heavy atom. The SMILES string of the molecule is CC.CCCCCCCCCC[Cl+]C.Cc1ccc2c(c1)S(=O)N(C)c1ccccc1C2N. The van der Waals surface area contributed by atoms with Crippen molar-refractivity contribution >= 4 is 16.7 Å². The Labute approximate surface area is 209 Å². The molecular weight excluding hydrogens is 448 g/mol. The quantitative estimate of drug-likeness (QED) is 0.292. The van der Waals surface area contributed by atoms with Gasteiger partial charge in [0.15, 0.2) is 23.2 Å². The highest BCUT2D eigenvalue weighted by Crippen LogP contribution is 2.37. The standard InChI is InChI=1S/C15H16N2OS.C11H24Cl.C2H6/c1-10-7-8-12-14(9-10)19(18)17(2)13-6-4-3-5-11(13)15(12)16;1-3-4-5-6-7-8-9-10-11-12-2;1-2/h3-9,15H,16H2,1-2H3;3-11H2,1-2H3;1-2H3/q;+1;. The van der Waals surface area contributed by atoms with Crippen LogP contribution in [-0.4, -0.2) is 23.5 Å². The molecule has 2 unspecified atom stereocenters. The molecule has 33 heavy (non-hydrogen) atoms. The van der Waals surface area contributed by atoms with Gasteiger partial charge in [-0.1, -0.05) is 89.6 Å². The zero-order chi connectivity index (χ0) is 24.6. The molecule has 0 fully saturated rings. The summed E-state index contributed by atoms with van der Waals surface area (Å²) < 4.78 is 14.5. The van der Waals surface area contributed by atoms with Gasteiger partial charge in [-0.15, -0.1) is 0 Å². The minimum Gasteiger partial charge on any atom is -0.320 e. The molecule has 0 spiro atoms. The molecule has 2 atom stereocenters. The summed E-state index contributed by atoms with van der Waals surface area (Å²) >= 11 is 0. The van der Waals surface area contributed by atoms with Crippen molar-refractivity contribution in [3.8, 4) is 0 Å². The first-order valence-corrected chi connectivity index (χ1v) is 14.9. The van der Waals surface area contributed by atoms with Crippen molar-refractivity contribution in [3.63, 3.8) is 0 Å². The van der Waals surface area contributed by atoms with Crippen LogP contribution in [0.1, 0.15) is 94.9 Å². The summed E-state index contributed by atoms with van der Waals surface area (Å²) in [6.07, 6.45) is 13.6. The molecule has 5 heteroatoms. The first kappa shape index (κ1) is 29.7. The minimum absolute atomic E-state index is 0.235. The van der Waals surface area contributed by atoms with Gasteiger partial charge in [0.25, 0.3) is 0 Å². The molecular formula is C28H46ClN2OS+. The predicted molar refractivity (Wildman–Crippen MR) is 143 cm³/mol. The zero-order valence-corrected chi connectivity index (χ0v) is 23.3. The molecule has 0 amide bonds. The number of aryl methyl sites for hydroxylation is 1. The van der Waals surface area contributed by atoms with Gasteiger partial charge in [0, 0.05) is 13.5 Å². The number of halogens is 1. The van der Waals surface area contributed by atoms with Crippen molar-refractivity contribution in [1.29, 1.82) is 0 Å². The second-order valence-electron chi connectivity index (χ2n) is 8.26. The number of para-hydroxylation sites is 1. The topological polar surface area (TPSA) is 46.3 Å². The molecule has 3 rings (SSSR count). The molecule has 1 aliphatic heterocycles. The van der Waals surface area contributed by atoms with Crippen molar-refractivity contribution < 1.29 is 15.0 Å². The average Bonchev–Trinajstić information content (AvgIpc) is 2.92. The van der Waals surface area contributed by atoms with Crippen molar-refractivity contribution in [3.05, 3.63) is 59.2 Å². The molecule has 186 valence electrons. The van der Waals surface area contributed by atoms with Crippen LogP contribution in [0.5, 0.6) is 0 Å². The number of anilines is 1. The van der Waals surface area contributed by atoms with Gasteiger partial charge in [0.05, 0.1) is 16.6 Å². The number of alkyl halides is 2. The maximum atomic E-state index is 12.7. The second kappa shape index (κ2) is 17.1. The fraction of sp³-hybridized carbons (Fsp3) is 0.571. The summed E-state index contributed by atoms with van der Waals surface area (Å²) in [6, 6.07) is 13.6. The van der Waals surface area contributed by atoms with Crippen molar-refractivity contribution in [2.75, 3.05) is 23.6 Å². The lowest BCUT2D eigenvalue weighted by atomic mass is 9.97. The molecule has 0 radical (unpaired) electrons. The van der Waals surface area contributed by atoms with E-state index in [1.54, 1.807) is 4.31 Å². The largest absolute Gasteiger partial charge is 0.320 e. The summed E-state index contributed by atoms with van der Waals surface area (Å²) in [5, 5.41) is 0. The van der Waals surface area contributed by atoms with Gasteiger partial charge in [-0.2, -0.15) is 0 Å². The van der Waals surface area contributed by atoms with Gasteiger partial charge in [-0.3, -0.25) is 4.31 Å². The molecule has 2 N–H and O–H groups in total. The Balaban J connectivity index is 0.000000339. The van der Waals surface area contributed by atoms with Gasteiger partial charge in [-0.25, -0.2) is 4.21 Å². The normalized spacial score (nSPS) is 16.4. The van der Waals surface area contributed by atoms with E-state index >= 15 is 0 Å². The van der Waals surface area contributed by atoms with E-state index in [2.05, 4.69) is 24.1 Å². The van der Waals surface area contributed by atoms with Crippen LogP contribution in [0.4, 0.5) is 5.69 Å². The maximum absolute atomic E-state index is 12.7. The fourth-order valence-electron chi connectivity index (χ4n) is 3.85. The fourth-order valence-corrected chi connectivity index (χ4v) is 5.63. The molecule has 1 heterocycles. The summed E-state index contributed by atoms with van der Waals surface area (Å²) in [7, 11) is 3.01. The molecule has 2 aromatic rings. The number of nitrogens with two attached hydrogens (primary N) is 1. The third kappa shape index (κ3) is 9.42. The lowest BCUT2D eigenvalue weighted by molar-refractivity contribution is -0.627. The Hall–Kier alpha value is -1.36. The van der Waals surface area contributed by atoms with Crippen LogP contribution in [-0.2, 0) is 11.0 Å². The summed E-state index contributed by atoms with van der Waals surface area (Å²) in [6.45, 7) is 8.28. The first-order chi connectivity index (χ1) is 16.0. The van der Waals surface area contributed by atoms with Crippen molar-refractivity contribution in [2.45, 2.75) is 90.0 Å². The van der Waals surface area contributed by atoms with E-state index in [0.29, 0.717) is 0 Å². The number of unbranched alkanes of at least 4 members (excludes halogenated alkanes) is 7. The molecule has 0 saturated heterocycles. The Kier molecular flexibility index (Phi) is 15.4. The zero-order valence-electron chi connectivity index (χ0n) is 21.7. The smallest absolute Gasteiger partial charge is 0.172 e. The van der Waals surface area contributed by atoms with Crippen LogP contribution >= 0.6 is 0 Å². The molecule has 1 aliphatic rings. The number of nitrogens with zero attached hydrogens (tertiary/aromatic N) is 1. The van der Waals surface area contributed by atoms with Gasteiger partial charge < -0.3 is 5.73 Å². The van der Waals surface area contributed by atoms with Gasteiger partial charge in [0.1, 0.15) is 10.8 Å². The molecule has 3 nitrogen and oxygen atoms in total. The van der Waals surface area contributed by atoms with Gasteiger partial charge in [-0.05, 0) is 42.2 Å². The van der Waals surface area contributed by atoms with Gasteiger partial charge >= 0.3 is 0 Å². The molecule has 2 aromatic carbocycles. The van der Waals surface area contributed by atoms with E-state index in [4.69, 9.17) is 5.73 Å². The molecule has 0 aliphatic carbocycles. The Bertz CT molecular complexity index is 817. The summed E-state index contributed by atoms with van der Waals surface area (Å²) in [5.41, 5.74) is 10.4. The maximum Gasteiger partial charge on any atom is 0.172 e. The number of hydrogen-bond acceptors (Lipinski definition) is 2. The van der Waals surface area contributed by atoms with Crippen LogP contribution < -0.4 is 10.0 Å². The highest BCUT2D eigenvalue weighted by Gasteiger charge is 2.27. The van der Waals surface area contributed by atoms with Gasteiger partial charge in [0.2, 0.25) is 0 Å². The minimum atomic E-state index is -1.22. The number of fused-ring (bicyclic) bond motifs is 2. The van der Waals surface area contributed by atoms with Crippen molar-refractivity contribution in [2.24, 2.45) is 5.73 Å². The molecule has 0 aromatic heterocycles. The van der Waals surface area contributed by atoms with Crippen LogP contribution in [0.2, 0.25) is 0 Å². The lowest BCUT2D eigenvalue weighted by Gasteiger charge is -2.18. The third-order valence-electron chi connectivity index (χ3n) is 5.73. The van der Waals surface area contributed by atoms with Crippen LogP contribution in [0.3, 0.4) is 0 Å². The van der Waals surface area contributed by atoms with Crippen molar-refractivity contribution in [1.82, 2.24) is 0 Å². The Morgan fingerprint density at radius 1 is 0.939 bits per heavy atom. The van der Waals surface area contributed by atoms with E-state index in [9.17, 15) is 4.21 Å². The number of rotatable bonds is 9. The predicted octanol–water partition coefficient (Wildman–Crippen LogP) is 7.38. The van der Waals surface area contributed by atoms with E-state index < -0.39 is 11.0 Å². The number of benzene rings is 2. The van der Waals surface area contributed by atoms with E-state index in [1.807, 2.05) is 70.3 Å². The monoisotopic (exact) mass is 493 g/mol. The van der Waals surface area contributed by atoms with Crippen LogP contribution in [0.15, 0.2) is 47.4 Å². The molecule has 0 bridgehead atoms. The first-order valence-electron chi connectivity index (χ1n) is 12.6. The van der Waals surface area contributed by atoms with E-state index in [-0.39, 0.29) is 6.04 Å². The average molecular weight is 494 g/mol. The third-order valence-corrected chi connectivity index (χ3v) is 7.80. The second-order valence-corrected chi connectivity index (χ2v) is 10.7. The lowest BCUT2D eigenvalue weighted by Crippen LogP contribution is -2.20. The summed E-state index contributed by atoms with van der Waals surface area (Å²) in [4.78, 5) is 0.811. The summed E-state index contributed by atoms with van der Waals surface area (Å²) in [5.74, 6) is 1.30. The van der Waals surface area contributed by atoms with E-state index in [1.165, 1.54) is 57.2 Å². The Morgan fingerprint density at radius 2 is 1.55 bits per heavy atom. The number of hydrogen-bond donors (Lipinski definition) is 1. The van der Waals surface area contributed by atoms with Crippen LogP contribution in [0, 0.1) is 17.7 Å². The molecule has 0 saturated carbocycles. The highest BCUT2D eigenvalue weighted by atomic mass is 35.5. The van der Waals surface area contributed by atoms with Crippen LogP contribution in [0.25, 0.3) is 0 Å². The highest BCUT2D eigenvalue weighted by molar-refractivity contribution is 7.86.